The molecular weight excluding hydrogens is 463 g/mol. The molecule has 0 heterocycles. The Morgan fingerprint density at radius 2 is 1.71 bits per heavy atom. The van der Waals surface area contributed by atoms with E-state index in [9.17, 15) is 0 Å². The fourth-order valence-electron chi connectivity index (χ4n) is 2.59. The molecule has 154 valence electrons. The van der Waals surface area contributed by atoms with Crippen LogP contribution in [0.15, 0.2) is 59.6 Å². The van der Waals surface area contributed by atoms with E-state index in [1.54, 1.807) is 0 Å². The van der Waals surface area contributed by atoms with Crippen molar-refractivity contribution in [3.05, 3.63) is 65.7 Å². The highest BCUT2D eigenvalue weighted by Crippen LogP contribution is 2.18. The average Bonchev–Trinajstić information content (AvgIpc) is 2.67. The minimum atomic E-state index is 0. The highest BCUT2D eigenvalue weighted by atomic mass is 127. The molecule has 0 spiro atoms. The van der Waals surface area contributed by atoms with E-state index in [2.05, 4.69) is 52.8 Å². The molecule has 0 amide bonds. The molecule has 0 aliphatic heterocycles. The summed E-state index contributed by atoms with van der Waals surface area (Å²) >= 11 is 0. The van der Waals surface area contributed by atoms with Gasteiger partial charge < -0.3 is 20.3 Å². The Balaban J connectivity index is 0.00000392. The van der Waals surface area contributed by atoms with Gasteiger partial charge >= 0.3 is 0 Å². The molecule has 6 heteroatoms. The average molecular weight is 496 g/mol. The summed E-state index contributed by atoms with van der Waals surface area (Å²) in [6, 6.07) is 18.6. The number of likely N-dealkylation sites (N-methyl/N-ethyl adjacent to an activating group) is 1. The number of ether oxygens (including phenoxy) is 1. The predicted molar refractivity (Wildman–Crippen MR) is 129 cm³/mol. The van der Waals surface area contributed by atoms with Gasteiger partial charge in [-0.25, -0.2) is 4.99 Å². The van der Waals surface area contributed by atoms with Crippen molar-refractivity contribution in [2.24, 2.45) is 4.99 Å². The smallest absolute Gasteiger partial charge is 0.191 e. The van der Waals surface area contributed by atoms with Gasteiger partial charge in [0.2, 0.25) is 0 Å². The minimum absolute atomic E-state index is 0. The third-order valence-electron chi connectivity index (χ3n) is 4.07. The summed E-state index contributed by atoms with van der Waals surface area (Å²) in [5.41, 5.74) is 2.41. The van der Waals surface area contributed by atoms with Gasteiger partial charge in [-0.3, -0.25) is 0 Å². The van der Waals surface area contributed by atoms with E-state index in [0.717, 1.165) is 43.3 Å². The molecule has 5 nitrogen and oxygen atoms in total. The summed E-state index contributed by atoms with van der Waals surface area (Å²) in [7, 11) is 4.09. The van der Waals surface area contributed by atoms with Gasteiger partial charge in [0.05, 0.1) is 6.54 Å². The van der Waals surface area contributed by atoms with Crippen LogP contribution in [0.5, 0.6) is 5.75 Å². The van der Waals surface area contributed by atoms with Crippen molar-refractivity contribution >= 4 is 29.9 Å². The molecular formula is C22H33IN4O. The van der Waals surface area contributed by atoms with E-state index in [4.69, 9.17) is 9.73 Å². The van der Waals surface area contributed by atoms with E-state index >= 15 is 0 Å². The van der Waals surface area contributed by atoms with Gasteiger partial charge in [-0.1, -0.05) is 48.5 Å². The van der Waals surface area contributed by atoms with E-state index in [0.29, 0.717) is 13.2 Å². The zero-order chi connectivity index (χ0) is 19.3. The third-order valence-corrected chi connectivity index (χ3v) is 4.07. The Kier molecular flexibility index (Phi) is 12.3. The van der Waals surface area contributed by atoms with Crippen LogP contribution in [-0.4, -0.2) is 51.2 Å². The second-order valence-electron chi connectivity index (χ2n) is 6.62. The topological polar surface area (TPSA) is 48.9 Å². The van der Waals surface area contributed by atoms with Crippen molar-refractivity contribution < 1.29 is 4.74 Å². The molecule has 0 atom stereocenters. The van der Waals surface area contributed by atoms with Crippen LogP contribution in [0.1, 0.15) is 18.1 Å². The normalized spacial score (nSPS) is 11.1. The lowest BCUT2D eigenvalue weighted by Gasteiger charge is -2.14. The predicted octanol–water partition coefficient (Wildman–Crippen LogP) is 3.54. The van der Waals surface area contributed by atoms with Gasteiger partial charge in [0, 0.05) is 25.2 Å². The number of halogens is 1. The summed E-state index contributed by atoms with van der Waals surface area (Å²) in [5.74, 6) is 1.74. The Morgan fingerprint density at radius 3 is 2.43 bits per heavy atom. The van der Waals surface area contributed by atoms with Crippen molar-refractivity contribution in [3.63, 3.8) is 0 Å². The molecule has 0 fully saturated rings. The number of guanidine groups is 1. The third kappa shape index (κ3) is 9.41. The summed E-state index contributed by atoms with van der Waals surface area (Å²) in [6.45, 7) is 5.89. The molecule has 0 bridgehead atoms. The maximum atomic E-state index is 5.93. The molecule has 28 heavy (non-hydrogen) atoms. The second-order valence-corrected chi connectivity index (χ2v) is 6.62. The number of nitrogens with zero attached hydrogens (tertiary/aromatic N) is 2. The van der Waals surface area contributed by atoms with Crippen molar-refractivity contribution in [2.75, 3.05) is 40.3 Å². The summed E-state index contributed by atoms with van der Waals surface area (Å²) in [4.78, 5) is 6.83. The number of benzene rings is 2. The van der Waals surface area contributed by atoms with Crippen molar-refractivity contribution in [2.45, 2.75) is 19.9 Å². The van der Waals surface area contributed by atoms with Crippen LogP contribution in [-0.2, 0) is 13.0 Å². The second kappa shape index (κ2) is 14.2. The number of hydrogen-bond donors (Lipinski definition) is 2. The van der Waals surface area contributed by atoms with Crippen LogP contribution in [0.25, 0.3) is 0 Å². The zero-order valence-corrected chi connectivity index (χ0v) is 19.5. The lowest BCUT2D eigenvalue weighted by atomic mass is 10.1. The van der Waals surface area contributed by atoms with Crippen molar-refractivity contribution in [3.8, 4) is 5.75 Å². The van der Waals surface area contributed by atoms with Gasteiger partial charge in [0.1, 0.15) is 12.4 Å². The molecule has 2 N–H and O–H groups in total. The SMILES string of the molecule is CCNC(=NCc1ccccc1OCCN(C)C)NCCc1ccccc1.I. The fourth-order valence-corrected chi connectivity index (χ4v) is 2.59. The van der Waals surface area contributed by atoms with Crippen molar-refractivity contribution in [1.82, 2.24) is 15.5 Å². The van der Waals surface area contributed by atoms with Gasteiger partial charge in [0.15, 0.2) is 5.96 Å². The first-order valence-corrected chi connectivity index (χ1v) is 9.60. The Hall–Kier alpha value is -1.80. The van der Waals surface area contributed by atoms with Gasteiger partial charge in [0.25, 0.3) is 0 Å². The molecule has 0 saturated heterocycles. The number of nitrogens with one attached hydrogen (secondary N) is 2. The monoisotopic (exact) mass is 496 g/mol. The zero-order valence-electron chi connectivity index (χ0n) is 17.1. The summed E-state index contributed by atoms with van der Waals surface area (Å²) in [5, 5.41) is 6.72. The van der Waals surface area contributed by atoms with Crippen LogP contribution in [0.4, 0.5) is 0 Å². The highest BCUT2D eigenvalue weighted by Gasteiger charge is 2.04. The Labute approximate surface area is 186 Å². The van der Waals surface area contributed by atoms with Crippen LogP contribution in [0.3, 0.4) is 0 Å². The Bertz CT molecular complexity index is 692. The molecule has 0 aromatic heterocycles. The lowest BCUT2D eigenvalue weighted by Crippen LogP contribution is -2.38. The van der Waals surface area contributed by atoms with E-state index < -0.39 is 0 Å². The van der Waals surface area contributed by atoms with Crippen molar-refractivity contribution in [1.29, 1.82) is 0 Å². The maximum absolute atomic E-state index is 5.93. The maximum Gasteiger partial charge on any atom is 0.191 e. The van der Waals surface area contributed by atoms with E-state index in [1.807, 2.05) is 38.4 Å². The van der Waals surface area contributed by atoms with Gasteiger partial charge in [-0.2, -0.15) is 0 Å². The molecule has 2 aromatic carbocycles. The first-order valence-electron chi connectivity index (χ1n) is 9.60. The largest absolute Gasteiger partial charge is 0.492 e. The quantitative estimate of drug-likeness (QED) is 0.300. The van der Waals surface area contributed by atoms with Gasteiger partial charge in [-0.05, 0) is 39.1 Å². The van der Waals surface area contributed by atoms with Crippen LogP contribution >= 0.6 is 24.0 Å². The van der Waals surface area contributed by atoms with Gasteiger partial charge in [-0.15, -0.1) is 24.0 Å². The summed E-state index contributed by atoms with van der Waals surface area (Å²) < 4.78 is 5.93. The molecule has 2 rings (SSSR count). The standard InChI is InChI=1S/C22H32N4O.HI/c1-4-23-22(24-15-14-19-10-6-5-7-11-19)25-18-20-12-8-9-13-21(20)27-17-16-26(2)3;/h5-13H,4,14-18H2,1-3H3,(H2,23,24,25);1H. The molecule has 0 aliphatic carbocycles. The lowest BCUT2D eigenvalue weighted by molar-refractivity contribution is 0.259. The number of rotatable bonds is 10. The van der Waals surface area contributed by atoms with E-state index in [-0.39, 0.29) is 24.0 Å². The number of para-hydroxylation sites is 1. The molecule has 0 aliphatic rings. The number of hydrogen-bond acceptors (Lipinski definition) is 3. The molecule has 2 aromatic rings. The first kappa shape index (κ1) is 24.2. The highest BCUT2D eigenvalue weighted by molar-refractivity contribution is 14.0. The molecule has 0 radical (unpaired) electrons. The minimum Gasteiger partial charge on any atom is -0.492 e. The fraction of sp³-hybridized carbons (Fsp3) is 0.409. The van der Waals surface area contributed by atoms with Crippen LogP contribution in [0.2, 0.25) is 0 Å². The Morgan fingerprint density at radius 1 is 1.00 bits per heavy atom. The molecule has 0 saturated carbocycles. The first-order chi connectivity index (χ1) is 13.2. The van der Waals surface area contributed by atoms with Crippen LogP contribution < -0.4 is 15.4 Å². The number of aliphatic imine (C=N–C) groups is 1. The van der Waals surface area contributed by atoms with Crippen LogP contribution in [0, 0.1) is 0 Å². The van der Waals surface area contributed by atoms with E-state index in [1.165, 1.54) is 5.56 Å². The molecule has 0 unspecified atom stereocenters. The summed E-state index contributed by atoms with van der Waals surface area (Å²) in [6.07, 6.45) is 0.968.